The van der Waals surface area contributed by atoms with E-state index in [1.54, 1.807) is 4.90 Å². The summed E-state index contributed by atoms with van der Waals surface area (Å²) in [6.07, 6.45) is 12.0. The fourth-order valence-corrected chi connectivity index (χ4v) is 12.2. The summed E-state index contributed by atoms with van der Waals surface area (Å²) in [6, 6.07) is 24.8. The van der Waals surface area contributed by atoms with Crippen LogP contribution in [-0.4, -0.2) is 83.0 Å². The topological polar surface area (TPSA) is 115 Å². The highest BCUT2D eigenvalue weighted by atomic mass is 16.5. The van der Waals surface area contributed by atoms with Crippen LogP contribution in [0.25, 0.3) is 0 Å². The molecular weight excluding hydrogens is 739 g/mol. The highest BCUT2D eigenvalue weighted by Gasteiger charge is 2.49. The first-order valence-electron chi connectivity index (χ1n) is 22.0. The Morgan fingerprint density at radius 1 is 0.847 bits per heavy atom. The van der Waals surface area contributed by atoms with Crippen LogP contribution in [0.1, 0.15) is 113 Å². The fraction of sp³-hybridized carbons (Fsp3) is 0.469. The van der Waals surface area contributed by atoms with Crippen LogP contribution in [0.2, 0.25) is 0 Å². The fourth-order valence-electron chi connectivity index (χ4n) is 12.2. The number of hydrogen-bond donors (Lipinski definition) is 2. The predicted octanol–water partition coefficient (Wildman–Crippen LogP) is 6.83. The second-order valence-corrected chi connectivity index (χ2v) is 18.9. The molecule has 6 heterocycles. The molecule has 304 valence electrons. The van der Waals surface area contributed by atoms with Gasteiger partial charge in [-0.1, -0.05) is 48.5 Å². The molecule has 2 N–H and O–H groups in total. The van der Waals surface area contributed by atoms with E-state index in [4.69, 9.17) is 9.72 Å². The second-order valence-electron chi connectivity index (χ2n) is 18.9. The van der Waals surface area contributed by atoms with Crippen LogP contribution in [0.3, 0.4) is 0 Å². The molecule has 10 heteroatoms. The van der Waals surface area contributed by atoms with Crippen molar-refractivity contribution in [1.82, 2.24) is 20.1 Å². The maximum absolute atomic E-state index is 13.4. The Morgan fingerprint density at radius 3 is 2.42 bits per heavy atom. The highest BCUT2D eigenvalue weighted by Crippen LogP contribution is 2.52. The summed E-state index contributed by atoms with van der Waals surface area (Å²) < 4.78 is 6.43. The van der Waals surface area contributed by atoms with Gasteiger partial charge in [0.1, 0.15) is 23.4 Å². The number of carbonyl (C=O) groups excluding carboxylic acids is 3. The molecule has 59 heavy (non-hydrogen) atoms. The van der Waals surface area contributed by atoms with Crippen molar-refractivity contribution < 1.29 is 24.2 Å². The molecular formula is C49H53N5O5. The molecule has 10 nitrogen and oxygen atoms in total. The molecule has 4 aromatic rings. The van der Waals surface area contributed by atoms with Gasteiger partial charge in [0.15, 0.2) is 0 Å². The number of likely N-dealkylation sites (tertiary alicyclic amines) is 1. The molecule has 2 spiro atoms. The van der Waals surface area contributed by atoms with Crippen molar-refractivity contribution in [1.29, 1.82) is 0 Å². The molecule has 1 saturated carbocycles. The Bertz CT molecular complexity index is 2300. The predicted molar refractivity (Wildman–Crippen MR) is 224 cm³/mol. The number of anilines is 1. The van der Waals surface area contributed by atoms with Crippen molar-refractivity contribution in [3.63, 3.8) is 0 Å². The molecule has 0 unspecified atom stereocenters. The summed E-state index contributed by atoms with van der Waals surface area (Å²) in [4.78, 5) is 49.6. The van der Waals surface area contributed by atoms with Gasteiger partial charge in [-0.05, 0) is 129 Å². The summed E-state index contributed by atoms with van der Waals surface area (Å²) in [5.74, 6) is 2.80. The largest absolute Gasteiger partial charge is 0.508 e. The van der Waals surface area contributed by atoms with E-state index >= 15 is 0 Å². The number of imide groups is 1. The van der Waals surface area contributed by atoms with E-state index in [1.807, 2.05) is 18.2 Å². The number of hydrogen-bond acceptors (Lipinski definition) is 8. The smallest absolute Gasteiger partial charge is 0.255 e. The Morgan fingerprint density at radius 2 is 1.66 bits per heavy atom. The zero-order chi connectivity index (χ0) is 39.9. The lowest BCUT2D eigenvalue weighted by Crippen LogP contribution is -2.58. The molecule has 3 saturated heterocycles. The zero-order valence-electron chi connectivity index (χ0n) is 33.7. The van der Waals surface area contributed by atoms with E-state index in [2.05, 4.69) is 75.9 Å². The minimum atomic E-state index is -0.618. The molecule has 11 rings (SSSR count). The molecule has 7 aliphatic rings. The van der Waals surface area contributed by atoms with Crippen molar-refractivity contribution in [3.8, 4) is 11.5 Å². The number of piperidine rings is 2. The molecule has 3 atom stereocenters. The summed E-state index contributed by atoms with van der Waals surface area (Å²) in [5, 5.41) is 12.6. The standard InChI is InChI=1S/C49H53N5O5/c55-35-8-10-37-33(24-35)6-9-36(32-4-2-1-3-5-32)44(37)34-7-14-42(50-25-34)53-28-48(29-53)18-16-31(17-19-48)26-52-22-20-49(21-23-52)30-59-45-39-27-54(41-13-15-43(56)51-46(41)57)47(58)38(39)11-12-40(45)49/h1-5,7-8,10-12,14,24-25,31,36,41,44,55H,6,9,13,15-23,26-30H2,(H,51,56,57)/t36-,41+,44+/m1/s1. The number of amides is 3. The first-order valence-corrected chi connectivity index (χ1v) is 22.0. The number of ether oxygens (including phenoxy) is 1. The van der Waals surface area contributed by atoms with Crippen molar-refractivity contribution in [2.45, 2.75) is 94.0 Å². The number of phenolic OH excluding ortho intramolecular Hbond substituents is 1. The molecule has 3 amide bonds. The average Bonchev–Trinajstić information content (AvgIpc) is 3.78. The van der Waals surface area contributed by atoms with E-state index in [0.717, 1.165) is 74.9 Å². The number of aryl methyl sites for hydroxylation is 1. The number of aromatic hydroxyl groups is 1. The Hall–Kier alpha value is -5.22. The minimum absolute atomic E-state index is 0.0291. The van der Waals surface area contributed by atoms with Gasteiger partial charge in [0.05, 0.1) is 13.2 Å². The number of aromatic nitrogens is 1. The monoisotopic (exact) mass is 791 g/mol. The third-order valence-corrected chi connectivity index (χ3v) is 15.5. The van der Waals surface area contributed by atoms with Crippen LogP contribution in [0.4, 0.5) is 5.82 Å². The molecule has 5 aliphatic heterocycles. The van der Waals surface area contributed by atoms with Crippen LogP contribution in [0.5, 0.6) is 11.5 Å². The maximum atomic E-state index is 13.4. The Kier molecular flexibility index (Phi) is 8.87. The molecule has 0 radical (unpaired) electrons. The van der Waals surface area contributed by atoms with E-state index in [0.29, 0.717) is 42.2 Å². The number of fused-ring (bicyclic) bond motifs is 5. The van der Waals surface area contributed by atoms with E-state index in [9.17, 15) is 19.5 Å². The quantitative estimate of drug-likeness (QED) is 0.204. The van der Waals surface area contributed by atoms with E-state index < -0.39 is 6.04 Å². The molecule has 2 aliphatic carbocycles. The summed E-state index contributed by atoms with van der Waals surface area (Å²) >= 11 is 0. The Labute approximate surface area is 345 Å². The van der Waals surface area contributed by atoms with Gasteiger partial charge in [-0.3, -0.25) is 19.7 Å². The Balaban J connectivity index is 0.685. The summed E-state index contributed by atoms with van der Waals surface area (Å²) in [5.41, 5.74) is 8.30. The van der Waals surface area contributed by atoms with Gasteiger partial charge in [-0.2, -0.15) is 0 Å². The van der Waals surface area contributed by atoms with Gasteiger partial charge in [0, 0.05) is 65.7 Å². The average molecular weight is 792 g/mol. The van der Waals surface area contributed by atoms with Crippen molar-refractivity contribution in [2.75, 3.05) is 44.2 Å². The maximum Gasteiger partial charge on any atom is 0.255 e. The van der Waals surface area contributed by atoms with Gasteiger partial charge in [0.25, 0.3) is 5.91 Å². The molecule has 4 fully saturated rings. The number of nitrogens with zero attached hydrogens (tertiary/aromatic N) is 4. The van der Waals surface area contributed by atoms with E-state index in [1.165, 1.54) is 60.0 Å². The van der Waals surface area contributed by atoms with Crippen molar-refractivity contribution >= 4 is 23.5 Å². The highest BCUT2D eigenvalue weighted by molar-refractivity contribution is 6.05. The van der Waals surface area contributed by atoms with Crippen molar-refractivity contribution in [3.05, 3.63) is 118 Å². The van der Waals surface area contributed by atoms with E-state index in [-0.39, 0.29) is 35.5 Å². The first-order chi connectivity index (χ1) is 28.7. The second kappa shape index (κ2) is 14.2. The lowest BCUT2D eigenvalue weighted by atomic mass is 9.65. The molecule has 0 bridgehead atoms. The lowest BCUT2D eigenvalue weighted by Gasteiger charge is -2.54. The summed E-state index contributed by atoms with van der Waals surface area (Å²) in [6.45, 7) is 6.47. The molecule has 1 aromatic heterocycles. The van der Waals surface area contributed by atoms with Crippen LogP contribution in [0.15, 0.2) is 79.0 Å². The number of carbonyl (C=O) groups is 3. The zero-order valence-corrected chi connectivity index (χ0v) is 33.7. The van der Waals surface area contributed by atoms with Gasteiger partial charge >= 0.3 is 0 Å². The number of rotatable bonds is 6. The van der Waals surface area contributed by atoms with Crippen LogP contribution < -0.4 is 15.0 Å². The van der Waals surface area contributed by atoms with Crippen LogP contribution in [0, 0.1) is 11.3 Å². The SMILES string of the molecule is O=C1CC[C@H](N2Cc3c(ccc4c3OCC43CCN(CC4CCC5(CC4)CN(c4ccc([C@@H]6c7ccc(O)cc7CC[C@@H]6c6ccccc6)cn4)C5)CC3)C2=O)C(=O)N1. The van der Waals surface area contributed by atoms with Crippen molar-refractivity contribution in [2.24, 2.45) is 11.3 Å². The third-order valence-electron chi connectivity index (χ3n) is 15.5. The molecule has 3 aromatic carbocycles. The summed E-state index contributed by atoms with van der Waals surface area (Å²) in [7, 11) is 0. The van der Waals surface area contributed by atoms with Gasteiger partial charge in [-0.15, -0.1) is 0 Å². The van der Waals surface area contributed by atoms with Crippen LogP contribution >= 0.6 is 0 Å². The number of pyridine rings is 1. The van der Waals surface area contributed by atoms with Gasteiger partial charge in [-0.25, -0.2) is 4.98 Å². The number of benzene rings is 3. The van der Waals surface area contributed by atoms with Crippen LogP contribution in [-0.2, 0) is 28.0 Å². The normalized spacial score (nSPS) is 26.0. The minimum Gasteiger partial charge on any atom is -0.508 e. The first kappa shape index (κ1) is 36.8. The third kappa shape index (κ3) is 6.32. The lowest BCUT2D eigenvalue weighted by molar-refractivity contribution is -0.136. The van der Waals surface area contributed by atoms with Gasteiger partial charge < -0.3 is 24.5 Å². The van der Waals surface area contributed by atoms with Gasteiger partial charge in [0.2, 0.25) is 11.8 Å². The number of nitrogens with one attached hydrogen (secondary N) is 1. The number of phenols is 1.